The molecule has 7 aromatic rings. The number of methoxy groups -OCH3 is 1. The zero-order chi connectivity index (χ0) is 47.2. The summed E-state index contributed by atoms with van der Waals surface area (Å²) in [5.74, 6) is -0.126. The monoisotopic (exact) mass is 968 g/mol. The van der Waals surface area contributed by atoms with Crippen molar-refractivity contribution in [2.45, 2.75) is 65.7 Å². The molecule has 2 heterocycles. The lowest BCUT2D eigenvalue weighted by atomic mass is 10.0. The van der Waals surface area contributed by atoms with Gasteiger partial charge in [0, 0.05) is 71.1 Å². The van der Waals surface area contributed by atoms with E-state index in [1.165, 1.54) is 37.7 Å². The van der Waals surface area contributed by atoms with E-state index in [0.717, 1.165) is 26.8 Å². The Hall–Kier alpha value is -6.43. The van der Waals surface area contributed by atoms with E-state index in [1.54, 1.807) is 48.1 Å². The molecule has 0 aliphatic carbocycles. The maximum absolute atomic E-state index is 14.5. The molecule has 0 unspecified atom stereocenters. The highest BCUT2D eigenvalue weighted by Crippen LogP contribution is 2.36. The summed E-state index contributed by atoms with van der Waals surface area (Å²) >= 11 is 3.41. The zero-order valence-electron chi connectivity index (χ0n) is 35.8. The molecule has 0 saturated carbocycles. The van der Waals surface area contributed by atoms with E-state index in [-0.39, 0.29) is 36.2 Å². The number of hydrogen-bond acceptors (Lipinski definition) is 8. The van der Waals surface area contributed by atoms with Gasteiger partial charge in [-0.2, -0.15) is 26.3 Å². The maximum Gasteiger partial charge on any atom is 0.390 e. The SMILES string of the molecule is CCC(=O)c1ccc(-n2cnc3c(NCCC(F)(F)F)cc(Br)cc32)cc1C.CCC(=O)c1ccc(-n2cnc3c(NCCC(F)(F)F)cc(Oc4ccc(OC)cc4F)cc32)cc1C. The van der Waals surface area contributed by atoms with Gasteiger partial charge in [-0.05, 0) is 85.6 Å². The van der Waals surface area contributed by atoms with Crippen LogP contribution in [0.1, 0.15) is 71.4 Å². The number of ketones is 2. The number of fused-ring (bicyclic) bond motifs is 2. The molecule has 342 valence electrons. The molecule has 0 bridgehead atoms. The number of imidazole rings is 2. The van der Waals surface area contributed by atoms with E-state index in [1.807, 2.05) is 49.6 Å². The highest BCUT2D eigenvalue weighted by Gasteiger charge is 2.27. The number of benzene rings is 5. The van der Waals surface area contributed by atoms with Crippen LogP contribution in [0.15, 0.2) is 96.0 Å². The van der Waals surface area contributed by atoms with Crippen molar-refractivity contribution in [2.75, 3.05) is 30.8 Å². The molecule has 10 nitrogen and oxygen atoms in total. The summed E-state index contributed by atoms with van der Waals surface area (Å²) in [6.45, 7) is 6.72. The number of Topliss-reactive ketones (excluding diaryl/α,β-unsaturated/α-hetero) is 2. The summed E-state index contributed by atoms with van der Waals surface area (Å²) in [5, 5.41) is 5.60. The second kappa shape index (κ2) is 20.2. The Balaban J connectivity index is 0.000000224. The van der Waals surface area contributed by atoms with Crippen LogP contribution < -0.4 is 20.1 Å². The molecule has 0 fully saturated rings. The number of aromatic nitrogens is 4. The number of nitrogens with zero attached hydrogens (tertiary/aromatic N) is 4. The van der Waals surface area contributed by atoms with Crippen LogP contribution in [0, 0.1) is 19.7 Å². The second-order valence-electron chi connectivity index (χ2n) is 14.9. The standard InChI is InChI=1S/C27H25F4N3O3.C20H19BrF3N3O/c1-4-24(35)20-7-5-17(11-16(20)2)34-15-33-26-22(32-10-9-27(29,30)31)13-19(14-23(26)34)37-25-8-6-18(36-3)12-21(25)28;1-3-18(28)15-5-4-14(8-12(15)2)27-11-26-19-16(9-13(21)10-17(19)27)25-7-6-20(22,23)24/h5-8,11-15,32H,4,9-10H2,1-3H3;4-5,8-11,25H,3,6-7H2,1-2H3. The van der Waals surface area contributed by atoms with Gasteiger partial charge in [-0.25, -0.2) is 14.4 Å². The highest BCUT2D eigenvalue weighted by atomic mass is 79.9. The van der Waals surface area contributed by atoms with E-state index in [0.29, 0.717) is 63.3 Å². The number of carbonyl (C=O) groups excluding carboxylic acids is 2. The fourth-order valence-corrected chi connectivity index (χ4v) is 7.46. The minimum atomic E-state index is -4.33. The van der Waals surface area contributed by atoms with E-state index in [4.69, 9.17) is 9.47 Å². The van der Waals surface area contributed by atoms with Crippen LogP contribution in [-0.4, -0.2) is 63.2 Å². The number of alkyl halides is 6. The van der Waals surface area contributed by atoms with E-state index < -0.39 is 31.0 Å². The fraction of sp³-hybridized carbons (Fsp3) is 0.277. The molecule has 0 aliphatic rings. The van der Waals surface area contributed by atoms with Gasteiger partial charge in [0.1, 0.15) is 35.2 Å². The summed E-state index contributed by atoms with van der Waals surface area (Å²) < 4.78 is 105. The van der Waals surface area contributed by atoms with Gasteiger partial charge in [0.2, 0.25) is 0 Å². The van der Waals surface area contributed by atoms with Crippen LogP contribution in [0.5, 0.6) is 17.2 Å². The first-order chi connectivity index (χ1) is 30.8. The van der Waals surface area contributed by atoms with E-state index in [9.17, 15) is 40.3 Å². The number of halogens is 8. The Morgan fingerprint density at radius 2 is 1.15 bits per heavy atom. The number of aryl methyl sites for hydroxylation is 2. The quantitative estimate of drug-likeness (QED) is 0.0772. The van der Waals surface area contributed by atoms with Crippen LogP contribution in [0.25, 0.3) is 33.4 Å². The number of carbonyl (C=O) groups is 2. The minimum Gasteiger partial charge on any atom is -0.497 e. The van der Waals surface area contributed by atoms with Crippen molar-refractivity contribution >= 4 is 60.9 Å². The van der Waals surface area contributed by atoms with Crippen molar-refractivity contribution < 1.29 is 49.8 Å². The summed E-state index contributed by atoms with van der Waals surface area (Å²) in [5.41, 5.74) is 7.57. The van der Waals surface area contributed by atoms with Crippen molar-refractivity contribution in [3.63, 3.8) is 0 Å². The first kappa shape index (κ1) is 48.0. The van der Waals surface area contributed by atoms with E-state index in [2.05, 4.69) is 36.5 Å². The summed E-state index contributed by atoms with van der Waals surface area (Å²) in [6.07, 6.45) is -6.53. The fourth-order valence-electron chi connectivity index (χ4n) is 7.01. The van der Waals surface area contributed by atoms with Crippen molar-refractivity contribution in [1.82, 2.24) is 19.1 Å². The van der Waals surface area contributed by atoms with Crippen molar-refractivity contribution in [3.8, 4) is 28.6 Å². The summed E-state index contributed by atoms with van der Waals surface area (Å²) in [4.78, 5) is 33.0. The lowest BCUT2D eigenvalue weighted by molar-refractivity contribution is -0.132. The molecule has 2 aromatic heterocycles. The Morgan fingerprint density at radius 1 is 0.662 bits per heavy atom. The topological polar surface area (TPSA) is 112 Å². The van der Waals surface area contributed by atoms with Gasteiger partial charge in [0.25, 0.3) is 0 Å². The molecule has 0 amide bonds. The molecule has 0 saturated heterocycles. The Kier molecular flexibility index (Phi) is 14.9. The molecule has 2 N–H and O–H groups in total. The molecular weight excluding hydrogens is 925 g/mol. The molecule has 18 heteroatoms. The highest BCUT2D eigenvalue weighted by molar-refractivity contribution is 9.10. The van der Waals surface area contributed by atoms with Gasteiger partial charge in [-0.1, -0.05) is 29.8 Å². The smallest absolute Gasteiger partial charge is 0.390 e. The van der Waals surface area contributed by atoms with Crippen molar-refractivity contribution in [3.05, 3.63) is 124 Å². The Morgan fingerprint density at radius 3 is 1.60 bits per heavy atom. The lowest BCUT2D eigenvalue weighted by Gasteiger charge is -2.14. The molecule has 7 rings (SSSR count). The van der Waals surface area contributed by atoms with Crippen LogP contribution in [0.4, 0.5) is 42.1 Å². The van der Waals surface area contributed by atoms with Crippen LogP contribution in [0.3, 0.4) is 0 Å². The number of rotatable bonds is 15. The third-order valence-corrected chi connectivity index (χ3v) is 10.7. The maximum atomic E-state index is 14.5. The molecular formula is C47H44BrF7N6O4. The number of nitrogens with one attached hydrogen (secondary N) is 2. The predicted octanol–water partition coefficient (Wildman–Crippen LogP) is 13.3. The van der Waals surface area contributed by atoms with E-state index >= 15 is 0 Å². The zero-order valence-corrected chi connectivity index (χ0v) is 37.4. The number of ether oxygens (including phenoxy) is 2. The third-order valence-electron chi connectivity index (χ3n) is 10.3. The lowest BCUT2D eigenvalue weighted by Crippen LogP contribution is -2.14. The van der Waals surface area contributed by atoms with Gasteiger partial charge in [0.05, 0.1) is 42.4 Å². The predicted molar refractivity (Wildman–Crippen MR) is 240 cm³/mol. The van der Waals surface area contributed by atoms with Gasteiger partial charge in [0.15, 0.2) is 23.1 Å². The van der Waals surface area contributed by atoms with Crippen LogP contribution in [0.2, 0.25) is 0 Å². The van der Waals surface area contributed by atoms with Gasteiger partial charge >= 0.3 is 12.4 Å². The van der Waals surface area contributed by atoms with Gasteiger partial charge in [-0.15, -0.1) is 0 Å². The minimum absolute atomic E-state index is 0.0212. The number of hydrogen-bond donors (Lipinski definition) is 2. The van der Waals surface area contributed by atoms with Crippen LogP contribution >= 0.6 is 15.9 Å². The largest absolute Gasteiger partial charge is 0.497 e. The molecule has 0 spiro atoms. The molecule has 0 radical (unpaired) electrons. The normalized spacial score (nSPS) is 11.6. The van der Waals surface area contributed by atoms with Crippen molar-refractivity contribution in [1.29, 1.82) is 0 Å². The summed E-state index contributed by atoms with van der Waals surface area (Å²) in [6, 6.07) is 21.7. The van der Waals surface area contributed by atoms with Gasteiger partial charge < -0.3 is 20.1 Å². The second-order valence-corrected chi connectivity index (χ2v) is 15.8. The Labute approximate surface area is 377 Å². The van der Waals surface area contributed by atoms with Gasteiger partial charge in [-0.3, -0.25) is 18.7 Å². The molecule has 5 aromatic carbocycles. The van der Waals surface area contributed by atoms with Crippen LogP contribution in [-0.2, 0) is 0 Å². The molecule has 0 atom stereocenters. The first-order valence-electron chi connectivity index (χ1n) is 20.4. The molecule has 0 aliphatic heterocycles. The third kappa shape index (κ3) is 11.8. The number of anilines is 2. The average Bonchev–Trinajstić information content (AvgIpc) is 3.88. The average molecular weight is 970 g/mol. The Bertz CT molecular complexity index is 2860. The van der Waals surface area contributed by atoms with Crippen molar-refractivity contribution in [2.24, 2.45) is 0 Å². The summed E-state index contributed by atoms with van der Waals surface area (Å²) in [7, 11) is 1.41. The first-order valence-corrected chi connectivity index (χ1v) is 21.2. The molecule has 65 heavy (non-hydrogen) atoms.